The highest BCUT2D eigenvalue weighted by Crippen LogP contribution is 2.35. The molecular formula is C15H30N2O. The second kappa shape index (κ2) is 5.89. The van der Waals surface area contributed by atoms with Crippen LogP contribution in [0.15, 0.2) is 0 Å². The first-order valence-corrected chi connectivity index (χ1v) is 7.57. The van der Waals surface area contributed by atoms with Crippen LogP contribution < -0.4 is 5.32 Å². The van der Waals surface area contributed by atoms with Crippen molar-refractivity contribution in [2.75, 3.05) is 32.8 Å². The summed E-state index contributed by atoms with van der Waals surface area (Å²) in [5.41, 5.74) is 0.442. The molecule has 3 unspecified atom stereocenters. The van der Waals surface area contributed by atoms with Crippen molar-refractivity contribution in [2.45, 2.75) is 52.6 Å². The van der Waals surface area contributed by atoms with Crippen molar-refractivity contribution in [2.24, 2.45) is 11.3 Å². The van der Waals surface area contributed by atoms with Crippen molar-refractivity contribution in [3.63, 3.8) is 0 Å². The van der Waals surface area contributed by atoms with Crippen LogP contribution in [0.4, 0.5) is 0 Å². The molecule has 0 aromatic carbocycles. The van der Waals surface area contributed by atoms with Crippen molar-refractivity contribution in [3.05, 3.63) is 0 Å². The fraction of sp³-hybridized carbons (Fsp3) is 1.00. The van der Waals surface area contributed by atoms with Crippen LogP contribution in [-0.2, 0) is 4.74 Å². The lowest BCUT2D eigenvalue weighted by atomic mass is 9.80. The number of nitrogens with one attached hydrogen (secondary N) is 1. The zero-order chi connectivity index (χ0) is 13.2. The third-order valence-corrected chi connectivity index (χ3v) is 4.71. The van der Waals surface area contributed by atoms with Gasteiger partial charge in [0.25, 0.3) is 0 Å². The van der Waals surface area contributed by atoms with E-state index in [2.05, 4.69) is 37.9 Å². The first-order chi connectivity index (χ1) is 8.52. The molecule has 0 aromatic heterocycles. The summed E-state index contributed by atoms with van der Waals surface area (Å²) >= 11 is 0. The number of rotatable bonds is 3. The summed E-state index contributed by atoms with van der Waals surface area (Å²) in [5.74, 6) is 0.835. The SMILES string of the molecule is CCNC1CCOCC1N1CCC(C(C)(C)C)C1. The van der Waals surface area contributed by atoms with Gasteiger partial charge in [-0.25, -0.2) is 0 Å². The van der Waals surface area contributed by atoms with E-state index in [0.29, 0.717) is 17.5 Å². The van der Waals surface area contributed by atoms with E-state index in [1.165, 1.54) is 19.5 Å². The summed E-state index contributed by atoms with van der Waals surface area (Å²) in [4.78, 5) is 2.67. The topological polar surface area (TPSA) is 24.5 Å². The van der Waals surface area contributed by atoms with E-state index in [1.54, 1.807) is 0 Å². The van der Waals surface area contributed by atoms with Gasteiger partial charge in [0.1, 0.15) is 0 Å². The fourth-order valence-electron chi connectivity index (χ4n) is 3.38. The van der Waals surface area contributed by atoms with Gasteiger partial charge in [0.2, 0.25) is 0 Å². The molecule has 3 heteroatoms. The molecule has 0 saturated carbocycles. The zero-order valence-electron chi connectivity index (χ0n) is 12.5. The molecule has 0 aliphatic carbocycles. The minimum absolute atomic E-state index is 0.442. The number of likely N-dealkylation sites (tertiary alicyclic amines) is 1. The highest BCUT2D eigenvalue weighted by Gasteiger charge is 2.38. The Hall–Kier alpha value is -0.120. The van der Waals surface area contributed by atoms with Gasteiger partial charge in [-0.1, -0.05) is 27.7 Å². The molecule has 0 radical (unpaired) electrons. The molecule has 0 amide bonds. The average molecular weight is 254 g/mol. The van der Waals surface area contributed by atoms with Crippen LogP contribution in [0.5, 0.6) is 0 Å². The molecule has 2 aliphatic heterocycles. The molecule has 2 aliphatic rings. The second-order valence-electron chi connectivity index (χ2n) is 6.94. The van der Waals surface area contributed by atoms with Crippen LogP contribution in [0.25, 0.3) is 0 Å². The molecule has 0 aromatic rings. The van der Waals surface area contributed by atoms with Gasteiger partial charge >= 0.3 is 0 Å². The lowest BCUT2D eigenvalue weighted by molar-refractivity contribution is 0.00257. The molecule has 2 heterocycles. The summed E-state index contributed by atoms with van der Waals surface area (Å²) in [6, 6.07) is 1.22. The quantitative estimate of drug-likeness (QED) is 0.835. The van der Waals surface area contributed by atoms with Gasteiger partial charge in [-0.05, 0) is 37.3 Å². The van der Waals surface area contributed by atoms with Gasteiger partial charge in [-0.3, -0.25) is 4.90 Å². The van der Waals surface area contributed by atoms with Gasteiger partial charge in [-0.2, -0.15) is 0 Å². The molecule has 2 saturated heterocycles. The smallest absolute Gasteiger partial charge is 0.0637 e. The summed E-state index contributed by atoms with van der Waals surface area (Å²) in [6.45, 7) is 14.7. The Morgan fingerprint density at radius 1 is 1.28 bits per heavy atom. The normalized spacial score (nSPS) is 35.0. The summed E-state index contributed by atoms with van der Waals surface area (Å²) in [7, 11) is 0. The lowest BCUT2D eigenvalue weighted by Gasteiger charge is -2.39. The van der Waals surface area contributed by atoms with Crippen molar-refractivity contribution in [1.82, 2.24) is 10.2 Å². The van der Waals surface area contributed by atoms with Crippen molar-refractivity contribution >= 4 is 0 Å². The first kappa shape index (κ1) is 14.3. The molecule has 18 heavy (non-hydrogen) atoms. The van der Waals surface area contributed by atoms with Crippen LogP contribution in [0.2, 0.25) is 0 Å². The van der Waals surface area contributed by atoms with Crippen LogP contribution >= 0.6 is 0 Å². The Labute approximate surface area is 112 Å². The third kappa shape index (κ3) is 3.25. The Morgan fingerprint density at radius 2 is 2.06 bits per heavy atom. The molecular weight excluding hydrogens is 224 g/mol. The summed E-state index contributed by atoms with van der Waals surface area (Å²) in [6.07, 6.45) is 2.51. The Kier molecular flexibility index (Phi) is 4.68. The maximum atomic E-state index is 5.71. The molecule has 2 rings (SSSR count). The van der Waals surface area contributed by atoms with Crippen LogP contribution in [0, 0.1) is 11.3 Å². The van der Waals surface area contributed by atoms with Gasteiger partial charge in [0.15, 0.2) is 0 Å². The highest BCUT2D eigenvalue weighted by atomic mass is 16.5. The van der Waals surface area contributed by atoms with E-state index < -0.39 is 0 Å². The van der Waals surface area contributed by atoms with Gasteiger partial charge in [0.05, 0.1) is 6.61 Å². The predicted octanol–water partition coefficient (Wildman–Crippen LogP) is 2.12. The zero-order valence-corrected chi connectivity index (χ0v) is 12.5. The molecule has 1 N–H and O–H groups in total. The van der Waals surface area contributed by atoms with Crippen molar-refractivity contribution < 1.29 is 4.74 Å². The van der Waals surface area contributed by atoms with E-state index in [1.807, 2.05) is 0 Å². The maximum absolute atomic E-state index is 5.71. The van der Waals surface area contributed by atoms with Crippen molar-refractivity contribution in [3.8, 4) is 0 Å². The minimum atomic E-state index is 0.442. The molecule has 106 valence electrons. The number of likely N-dealkylation sites (N-methyl/N-ethyl adjacent to an activating group) is 1. The van der Waals surface area contributed by atoms with Gasteiger partial charge in [0, 0.05) is 25.2 Å². The van der Waals surface area contributed by atoms with Gasteiger partial charge in [-0.15, -0.1) is 0 Å². The van der Waals surface area contributed by atoms with E-state index in [9.17, 15) is 0 Å². The summed E-state index contributed by atoms with van der Waals surface area (Å²) in [5, 5.41) is 3.64. The molecule has 3 atom stereocenters. The number of hydrogen-bond donors (Lipinski definition) is 1. The van der Waals surface area contributed by atoms with E-state index in [0.717, 1.165) is 32.1 Å². The molecule has 3 nitrogen and oxygen atoms in total. The number of ether oxygens (including phenoxy) is 1. The number of nitrogens with zero attached hydrogens (tertiary/aromatic N) is 1. The summed E-state index contributed by atoms with van der Waals surface area (Å²) < 4.78 is 5.71. The first-order valence-electron chi connectivity index (χ1n) is 7.57. The average Bonchev–Trinajstić information content (AvgIpc) is 2.79. The van der Waals surface area contributed by atoms with E-state index in [-0.39, 0.29) is 0 Å². The molecule has 2 fully saturated rings. The molecule has 0 bridgehead atoms. The Morgan fingerprint density at radius 3 is 2.67 bits per heavy atom. The Balaban J connectivity index is 1.94. The number of hydrogen-bond acceptors (Lipinski definition) is 3. The van der Waals surface area contributed by atoms with Crippen LogP contribution in [0.3, 0.4) is 0 Å². The lowest BCUT2D eigenvalue weighted by Crippen LogP contribution is -2.54. The van der Waals surface area contributed by atoms with E-state index >= 15 is 0 Å². The monoisotopic (exact) mass is 254 g/mol. The van der Waals surface area contributed by atoms with Crippen molar-refractivity contribution in [1.29, 1.82) is 0 Å². The predicted molar refractivity (Wildman–Crippen MR) is 75.8 cm³/mol. The largest absolute Gasteiger partial charge is 0.380 e. The molecule has 0 spiro atoms. The van der Waals surface area contributed by atoms with Crippen LogP contribution in [0.1, 0.15) is 40.5 Å². The van der Waals surface area contributed by atoms with Crippen LogP contribution in [-0.4, -0.2) is 49.8 Å². The Bertz CT molecular complexity index is 260. The standard InChI is InChI=1S/C15H30N2O/c1-5-16-13-7-9-18-11-14(13)17-8-6-12(10-17)15(2,3)4/h12-14,16H,5-11H2,1-4H3. The van der Waals surface area contributed by atoms with E-state index in [4.69, 9.17) is 4.74 Å². The third-order valence-electron chi connectivity index (χ3n) is 4.71. The second-order valence-corrected chi connectivity index (χ2v) is 6.94. The minimum Gasteiger partial charge on any atom is -0.380 e. The highest BCUT2D eigenvalue weighted by molar-refractivity contribution is 4.93. The van der Waals surface area contributed by atoms with Gasteiger partial charge < -0.3 is 10.1 Å². The maximum Gasteiger partial charge on any atom is 0.0637 e. The fourth-order valence-corrected chi connectivity index (χ4v) is 3.38.